The fourth-order valence-electron chi connectivity index (χ4n) is 4.14. The minimum Gasteiger partial charge on any atom is -0.347 e. The van der Waals surface area contributed by atoms with Crippen LogP contribution in [-0.2, 0) is 4.79 Å². The molecule has 21 heavy (non-hydrogen) atoms. The lowest BCUT2D eigenvalue weighted by atomic mass is 9.76. The molecule has 0 radical (unpaired) electrons. The number of nitrogens with zero attached hydrogens (tertiary/aromatic N) is 1. The number of amides is 1. The second kappa shape index (κ2) is 4.90. The van der Waals surface area contributed by atoms with Gasteiger partial charge < -0.3 is 5.32 Å². The lowest BCUT2D eigenvalue weighted by Gasteiger charge is -2.52. The zero-order chi connectivity index (χ0) is 15.3. The third-order valence-electron chi connectivity index (χ3n) is 5.44. The molecule has 0 aromatic carbocycles. The minimum absolute atomic E-state index is 0.0139. The first-order valence-electron chi connectivity index (χ1n) is 7.63. The molecule has 1 saturated carbocycles. The van der Waals surface area contributed by atoms with E-state index in [2.05, 4.69) is 10.2 Å². The third-order valence-corrected chi connectivity index (χ3v) is 5.44. The fraction of sp³-hybridized carbons (Fsp3) is 0.688. The van der Waals surface area contributed by atoms with Crippen LogP contribution in [0.5, 0.6) is 0 Å². The van der Waals surface area contributed by atoms with E-state index in [1.807, 2.05) is 14.0 Å². The van der Waals surface area contributed by atoms with E-state index in [0.29, 0.717) is 6.54 Å². The summed E-state index contributed by atoms with van der Waals surface area (Å²) in [4.78, 5) is 14.8. The van der Waals surface area contributed by atoms with Gasteiger partial charge in [-0.05, 0) is 32.9 Å². The summed E-state index contributed by atoms with van der Waals surface area (Å²) in [6.45, 7) is 2.50. The summed E-state index contributed by atoms with van der Waals surface area (Å²) in [5, 5.41) is 3.08. The molecule has 1 N–H and O–H groups in total. The Hall–Kier alpha value is -1.23. The summed E-state index contributed by atoms with van der Waals surface area (Å²) < 4.78 is 27.1. The molecular weight excluding hydrogens is 274 g/mol. The number of nitrogens with one attached hydrogen (secondary N) is 1. The standard InChI is InChI=1S/C16H22F2N2O/c1-15(11-7-12(17)9-13(18)8-11)10-20(2)16(14(21)19-15)5-3-4-6-16/h7,9,11H,3-6,8,10H2,1-2H3,(H,19,21)/t11?,15-/m0/s1. The van der Waals surface area contributed by atoms with E-state index >= 15 is 0 Å². The molecule has 5 heteroatoms. The highest BCUT2D eigenvalue weighted by Crippen LogP contribution is 2.42. The van der Waals surface area contributed by atoms with Gasteiger partial charge in [0.2, 0.25) is 5.91 Å². The molecule has 116 valence electrons. The van der Waals surface area contributed by atoms with Gasteiger partial charge in [0.05, 0.1) is 5.54 Å². The maximum atomic E-state index is 13.6. The Labute approximate surface area is 124 Å². The molecule has 2 fully saturated rings. The van der Waals surface area contributed by atoms with Crippen LogP contribution < -0.4 is 5.32 Å². The molecule has 0 bridgehead atoms. The van der Waals surface area contributed by atoms with Gasteiger partial charge in [-0.2, -0.15) is 0 Å². The molecule has 3 rings (SSSR count). The molecule has 0 aromatic heterocycles. The lowest BCUT2D eigenvalue weighted by molar-refractivity contribution is -0.142. The molecule has 3 nitrogen and oxygen atoms in total. The Morgan fingerprint density at radius 1 is 1.33 bits per heavy atom. The Kier molecular flexibility index (Phi) is 3.43. The van der Waals surface area contributed by atoms with E-state index in [9.17, 15) is 13.6 Å². The van der Waals surface area contributed by atoms with Crippen LogP contribution in [0.1, 0.15) is 39.0 Å². The SMILES string of the molecule is CN1C[C@@](C)(C2C=C(F)C=C(F)C2)NC(=O)C12CCCC2. The third kappa shape index (κ3) is 2.31. The molecule has 1 unspecified atom stereocenters. The zero-order valence-electron chi connectivity index (χ0n) is 12.6. The van der Waals surface area contributed by atoms with Crippen molar-refractivity contribution in [2.75, 3.05) is 13.6 Å². The highest BCUT2D eigenvalue weighted by molar-refractivity contribution is 5.88. The molecule has 1 heterocycles. The van der Waals surface area contributed by atoms with Crippen LogP contribution in [-0.4, -0.2) is 35.5 Å². The predicted octanol–water partition coefficient (Wildman–Crippen LogP) is 2.85. The molecule has 2 aliphatic carbocycles. The van der Waals surface area contributed by atoms with Gasteiger partial charge in [0.1, 0.15) is 17.2 Å². The smallest absolute Gasteiger partial charge is 0.241 e. The van der Waals surface area contributed by atoms with Crippen LogP contribution in [0.3, 0.4) is 0 Å². The quantitative estimate of drug-likeness (QED) is 0.807. The van der Waals surface area contributed by atoms with Crippen LogP contribution in [0.15, 0.2) is 23.8 Å². The first-order valence-corrected chi connectivity index (χ1v) is 7.63. The van der Waals surface area contributed by atoms with E-state index in [-0.39, 0.29) is 18.2 Å². The summed E-state index contributed by atoms with van der Waals surface area (Å²) in [5.74, 6) is -1.35. The summed E-state index contributed by atoms with van der Waals surface area (Å²) in [7, 11) is 1.96. The van der Waals surface area contributed by atoms with Crippen LogP contribution >= 0.6 is 0 Å². The van der Waals surface area contributed by atoms with Gasteiger partial charge in [-0.25, -0.2) is 8.78 Å². The Morgan fingerprint density at radius 2 is 2.00 bits per heavy atom. The highest BCUT2D eigenvalue weighted by Gasteiger charge is 2.53. The monoisotopic (exact) mass is 296 g/mol. The second-order valence-electron chi connectivity index (χ2n) is 6.92. The average molecular weight is 296 g/mol. The van der Waals surface area contributed by atoms with Gasteiger partial charge in [0, 0.05) is 25.0 Å². The summed E-state index contributed by atoms with van der Waals surface area (Å²) >= 11 is 0. The summed E-state index contributed by atoms with van der Waals surface area (Å²) in [6, 6.07) is 0. The second-order valence-corrected chi connectivity index (χ2v) is 6.92. The van der Waals surface area contributed by atoms with Crippen molar-refractivity contribution in [3.63, 3.8) is 0 Å². The zero-order valence-corrected chi connectivity index (χ0v) is 12.6. The number of rotatable bonds is 1. The first-order chi connectivity index (χ1) is 9.86. The summed E-state index contributed by atoms with van der Waals surface area (Å²) in [5.41, 5.74) is -1.05. The topological polar surface area (TPSA) is 32.3 Å². The van der Waals surface area contributed by atoms with Gasteiger partial charge in [0.25, 0.3) is 0 Å². The Bertz CT molecular complexity index is 522. The molecule has 1 amide bonds. The number of piperazine rings is 1. The molecule has 1 saturated heterocycles. The highest BCUT2D eigenvalue weighted by atomic mass is 19.1. The van der Waals surface area contributed by atoms with E-state index in [0.717, 1.165) is 31.8 Å². The Morgan fingerprint density at radius 3 is 2.57 bits per heavy atom. The maximum absolute atomic E-state index is 13.6. The number of likely N-dealkylation sites (N-methyl/N-ethyl adjacent to an activating group) is 1. The van der Waals surface area contributed by atoms with Crippen molar-refractivity contribution in [1.82, 2.24) is 10.2 Å². The van der Waals surface area contributed by atoms with Crippen molar-refractivity contribution >= 4 is 5.91 Å². The number of carbonyl (C=O) groups excluding carboxylic acids is 1. The molecule has 0 aromatic rings. The van der Waals surface area contributed by atoms with E-state index in [1.165, 1.54) is 6.08 Å². The van der Waals surface area contributed by atoms with Crippen molar-refractivity contribution in [1.29, 1.82) is 0 Å². The Balaban J connectivity index is 1.85. The van der Waals surface area contributed by atoms with Crippen LogP contribution in [0, 0.1) is 5.92 Å². The lowest BCUT2D eigenvalue weighted by Crippen LogP contribution is -2.72. The van der Waals surface area contributed by atoms with Crippen LogP contribution in [0.2, 0.25) is 0 Å². The van der Waals surface area contributed by atoms with Crippen molar-refractivity contribution in [3.8, 4) is 0 Å². The van der Waals surface area contributed by atoms with Crippen molar-refractivity contribution in [2.45, 2.75) is 50.1 Å². The fourth-order valence-corrected chi connectivity index (χ4v) is 4.14. The number of carbonyl (C=O) groups is 1. The molecule has 3 aliphatic rings. The molecular formula is C16H22F2N2O. The van der Waals surface area contributed by atoms with Crippen molar-refractivity contribution in [2.24, 2.45) is 5.92 Å². The van der Waals surface area contributed by atoms with Crippen LogP contribution in [0.4, 0.5) is 8.78 Å². The van der Waals surface area contributed by atoms with Gasteiger partial charge in [-0.3, -0.25) is 9.69 Å². The number of halogens is 2. The predicted molar refractivity (Wildman–Crippen MR) is 76.9 cm³/mol. The summed E-state index contributed by atoms with van der Waals surface area (Å²) in [6.07, 6.45) is 6.36. The minimum atomic E-state index is -0.636. The van der Waals surface area contributed by atoms with Gasteiger partial charge in [-0.15, -0.1) is 0 Å². The molecule has 1 aliphatic heterocycles. The molecule has 2 atom stereocenters. The largest absolute Gasteiger partial charge is 0.347 e. The van der Waals surface area contributed by atoms with Crippen LogP contribution in [0.25, 0.3) is 0 Å². The first kappa shape index (κ1) is 14.7. The number of hydrogen-bond donors (Lipinski definition) is 1. The maximum Gasteiger partial charge on any atom is 0.241 e. The van der Waals surface area contributed by atoms with Gasteiger partial charge in [0.15, 0.2) is 0 Å². The number of allylic oxidation sites excluding steroid dienone is 3. The van der Waals surface area contributed by atoms with E-state index in [4.69, 9.17) is 0 Å². The number of hydrogen-bond acceptors (Lipinski definition) is 2. The van der Waals surface area contributed by atoms with Crippen molar-refractivity contribution in [3.05, 3.63) is 23.8 Å². The average Bonchev–Trinajstić information content (AvgIpc) is 2.86. The normalized spacial score (nSPS) is 36.4. The van der Waals surface area contributed by atoms with E-state index in [1.54, 1.807) is 0 Å². The van der Waals surface area contributed by atoms with E-state index < -0.39 is 22.7 Å². The van der Waals surface area contributed by atoms with Gasteiger partial charge >= 0.3 is 0 Å². The molecule has 1 spiro atoms. The van der Waals surface area contributed by atoms with Crippen molar-refractivity contribution < 1.29 is 13.6 Å². The van der Waals surface area contributed by atoms with Gasteiger partial charge in [-0.1, -0.05) is 12.8 Å².